The Balaban J connectivity index is 1.77. The molecule has 2 aromatic carbocycles. The zero-order valence-corrected chi connectivity index (χ0v) is 16.6. The summed E-state index contributed by atoms with van der Waals surface area (Å²) < 4.78 is 37.3. The molecule has 1 saturated heterocycles. The molecule has 29 heavy (non-hydrogen) atoms. The quantitative estimate of drug-likeness (QED) is 0.400. The van der Waals surface area contributed by atoms with Crippen LogP contribution in [0.15, 0.2) is 47.4 Å². The molecule has 1 heterocycles. The number of nitro benzene ring substituents is 1. The number of sulfonamides is 1. The zero-order chi connectivity index (χ0) is 21.0. The van der Waals surface area contributed by atoms with Crippen LogP contribution in [0.2, 0.25) is 0 Å². The number of morpholine rings is 1. The van der Waals surface area contributed by atoms with E-state index in [-0.39, 0.29) is 35.8 Å². The number of ether oxygens (including phenoxy) is 2. The Morgan fingerprint density at radius 1 is 1.21 bits per heavy atom. The normalized spacial score (nSPS) is 15.1. The third-order valence-electron chi connectivity index (χ3n) is 4.53. The molecule has 10 heteroatoms. The Hall–Kier alpha value is -2.82. The largest absolute Gasteiger partial charge is 0.457 e. The van der Waals surface area contributed by atoms with Gasteiger partial charge < -0.3 is 9.47 Å². The van der Waals surface area contributed by atoms with Gasteiger partial charge in [-0.1, -0.05) is 24.3 Å². The van der Waals surface area contributed by atoms with Crippen LogP contribution in [-0.2, 0) is 26.1 Å². The predicted molar refractivity (Wildman–Crippen MR) is 103 cm³/mol. The van der Waals surface area contributed by atoms with Crippen molar-refractivity contribution in [2.45, 2.75) is 18.4 Å². The fraction of sp³-hybridized carbons (Fsp3) is 0.316. The van der Waals surface area contributed by atoms with Gasteiger partial charge in [-0.2, -0.15) is 4.31 Å². The topological polar surface area (TPSA) is 116 Å². The second kappa shape index (κ2) is 8.68. The Morgan fingerprint density at radius 3 is 2.59 bits per heavy atom. The summed E-state index contributed by atoms with van der Waals surface area (Å²) in [5.41, 5.74) is 0.435. The lowest BCUT2D eigenvalue weighted by molar-refractivity contribution is -0.385. The molecule has 0 aromatic heterocycles. The summed E-state index contributed by atoms with van der Waals surface area (Å²) in [6, 6.07) is 10.4. The minimum atomic E-state index is -3.68. The molecule has 0 amide bonds. The highest BCUT2D eigenvalue weighted by atomic mass is 32.2. The van der Waals surface area contributed by atoms with Crippen LogP contribution in [0.3, 0.4) is 0 Å². The van der Waals surface area contributed by atoms with Gasteiger partial charge in [0.1, 0.15) is 12.2 Å². The van der Waals surface area contributed by atoms with Crippen LogP contribution in [-0.4, -0.2) is 49.9 Å². The van der Waals surface area contributed by atoms with E-state index < -0.39 is 20.9 Å². The molecule has 0 bridgehead atoms. The minimum Gasteiger partial charge on any atom is -0.457 e. The molecule has 1 aliphatic rings. The first-order chi connectivity index (χ1) is 13.8. The summed E-state index contributed by atoms with van der Waals surface area (Å²) in [4.78, 5) is 23.1. The number of nitro groups is 1. The average molecular weight is 420 g/mol. The Morgan fingerprint density at radius 2 is 1.90 bits per heavy atom. The van der Waals surface area contributed by atoms with Gasteiger partial charge in [-0.05, 0) is 30.2 Å². The molecule has 0 spiro atoms. The SMILES string of the molecule is Cc1cccc([N+](=O)[O-])c1C(=O)OCc1cccc(S(=O)(=O)N2CCOCC2)c1. The summed E-state index contributed by atoms with van der Waals surface area (Å²) in [6.07, 6.45) is 0. The second-order valence-electron chi connectivity index (χ2n) is 6.47. The number of rotatable bonds is 6. The van der Waals surface area contributed by atoms with Crippen molar-refractivity contribution in [1.82, 2.24) is 4.31 Å². The molecule has 0 unspecified atom stereocenters. The lowest BCUT2D eigenvalue weighted by atomic mass is 10.1. The lowest BCUT2D eigenvalue weighted by Gasteiger charge is -2.26. The standard InChI is InChI=1S/C19H20N2O7S/c1-14-4-2-7-17(21(23)24)18(14)19(22)28-13-15-5-3-6-16(12-15)29(25,26)20-8-10-27-11-9-20/h2-7,12H,8-11,13H2,1H3. The smallest absolute Gasteiger partial charge is 0.345 e. The summed E-state index contributed by atoms with van der Waals surface area (Å²) in [7, 11) is -3.68. The van der Waals surface area contributed by atoms with E-state index in [1.165, 1.54) is 28.6 Å². The second-order valence-corrected chi connectivity index (χ2v) is 8.40. The van der Waals surface area contributed by atoms with Gasteiger partial charge in [-0.15, -0.1) is 0 Å². The van der Waals surface area contributed by atoms with Gasteiger partial charge in [-0.3, -0.25) is 10.1 Å². The number of benzene rings is 2. The van der Waals surface area contributed by atoms with Crippen LogP contribution in [0.1, 0.15) is 21.5 Å². The maximum Gasteiger partial charge on any atom is 0.345 e. The van der Waals surface area contributed by atoms with E-state index in [1.54, 1.807) is 25.1 Å². The average Bonchev–Trinajstić information content (AvgIpc) is 2.72. The summed E-state index contributed by atoms with van der Waals surface area (Å²) >= 11 is 0. The van der Waals surface area contributed by atoms with Gasteiger partial charge in [0.25, 0.3) is 5.69 Å². The van der Waals surface area contributed by atoms with Gasteiger partial charge in [0, 0.05) is 19.2 Å². The van der Waals surface area contributed by atoms with Gasteiger partial charge in [-0.25, -0.2) is 13.2 Å². The molecular weight excluding hydrogens is 400 g/mol. The van der Waals surface area contributed by atoms with Crippen LogP contribution in [0.4, 0.5) is 5.69 Å². The van der Waals surface area contributed by atoms with E-state index in [0.29, 0.717) is 24.3 Å². The molecule has 1 fully saturated rings. The molecule has 9 nitrogen and oxygen atoms in total. The zero-order valence-electron chi connectivity index (χ0n) is 15.7. The number of esters is 1. The minimum absolute atomic E-state index is 0.0924. The molecule has 0 aliphatic carbocycles. The van der Waals surface area contributed by atoms with Gasteiger partial charge in [0.2, 0.25) is 10.0 Å². The summed E-state index contributed by atoms with van der Waals surface area (Å²) in [6.45, 7) is 2.60. The van der Waals surface area contributed by atoms with Crippen molar-refractivity contribution in [2.24, 2.45) is 0 Å². The predicted octanol–water partition coefficient (Wildman–Crippen LogP) is 2.28. The van der Waals surface area contributed by atoms with Crippen LogP contribution in [0, 0.1) is 17.0 Å². The molecule has 3 rings (SSSR count). The molecule has 0 radical (unpaired) electrons. The third-order valence-corrected chi connectivity index (χ3v) is 6.42. The molecule has 154 valence electrons. The summed E-state index contributed by atoms with van der Waals surface area (Å²) in [5.74, 6) is -0.837. The van der Waals surface area contributed by atoms with E-state index in [4.69, 9.17) is 9.47 Å². The number of aryl methyl sites for hydroxylation is 1. The van der Waals surface area contributed by atoms with Crippen molar-refractivity contribution in [2.75, 3.05) is 26.3 Å². The van der Waals surface area contributed by atoms with E-state index in [0.717, 1.165) is 0 Å². The van der Waals surface area contributed by atoms with Crippen molar-refractivity contribution in [3.05, 3.63) is 69.3 Å². The highest BCUT2D eigenvalue weighted by Gasteiger charge is 2.27. The van der Waals surface area contributed by atoms with Crippen LogP contribution >= 0.6 is 0 Å². The van der Waals surface area contributed by atoms with Gasteiger partial charge in [0.15, 0.2) is 0 Å². The van der Waals surface area contributed by atoms with E-state index in [9.17, 15) is 23.3 Å². The van der Waals surface area contributed by atoms with E-state index in [2.05, 4.69) is 0 Å². The molecule has 0 saturated carbocycles. The van der Waals surface area contributed by atoms with E-state index >= 15 is 0 Å². The number of nitrogens with zero attached hydrogens (tertiary/aromatic N) is 2. The molecule has 2 aromatic rings. The Bertz CT molecular complexity index is 1030. The number of hydrogen-bond donors (Lipinski definition) is 0. The molecular formula is C19H20N2O7S. The maximum atomic E-state index is 12.8. The highest BCUT2D eigenvalue weighted by molar-refractivity contribution is 7.89. The molecule has 0 atom stereocenters. The Kier molecular flexibility index (Phi) is 6.26. The monoisotopic (exact) mass is 420 g/mol. The summed E-state index contributed by atoms with van der Waals surface area (Å²) in [5, 5.41) is 11.2. The van der Waals surface area contributed by atoms with Crippen molar-refractivity contribution in [3.8, 4) is 0 Å². The van der Waals surface area contributed by atoms with Crippen molar-refractivity contribution in [3.63, 3.8) is 0 Å². The van der Waals surface area contributed by atoms with E-state index in [1.807, 2.05) is 0 Å². The lowest BCUT2D eigenvalue weighted by Crippen LogP contribution is -2.40. The first-order valence-electron chi connectivity index (χ1n) is 8.88. The third kappa shape index (κ3) is 4.61. The van der Waals surface area contributed by atoms with Crippen molar-refractivity contribution < 1.29 is 27.6 Å². The maximum absolute atomic E-state index is 12.8. The van der Waals surface area contributed by atoms with Gasteiger partial charge in [0.05, 0.1) is 23.0 Å². The fourth-order valence-electron chi connectivity index (χ4n) is 3.02. The first kappa shape index (κ1) is 20.9. The number of hydrogen-bond acceptors (Lipinski definition) is 7. The van der Waals surface area contributed by atoms with Gasteiger partial charge >= 0.3 is 5.97 Å². The Labute approximate surface area is 168 Å². The highest BCUT2D eigenvalue weighted by Crippen LogP contribution is 2.24. The van der Waals surface area contributed by atoms with Crippen molar-refractivity contribution >= 4 is 21.7 Å². The van der Waals surface area contributed by atoms with Crippen LogP contribution < -0.4 is 0 Å². The van der Waals surface area contributed by atoms with Crippen LogP contribution in [0.25, 0.3) is 0 Å². The van der Waals surface area contributed by atoms with Crippen LogP contribution in [0.5, 0.6) is 0 Å². The molecule has 1 aliphatic heterocycles. The first-order valence-corrected chi connectivity index (χ1v) is 10.3. The number of carbonyl (C=O) groups is 1. The van der Waals surface area contributed by atoms with Crippen molar-refractivity contribution in [1.29, 1.82) is 0 Å². The molecule has 0 N–H and O–H groups in total. The fourth-order valence-corrected chi connectivity index (χ4v) is 4.50. The number of carbonyl (C=O) groups excluding carboxylic acids is 1.